The van der Waals surface area contributed by atoms with Crippen molar-refractivity contribution in [3.63, 3.8) is 0 Å². The maximum absolute atomic E-state index is 14.5. The number of halogens is 3. The van der Waals surface area contributed by atoms with Crippen LogP contribution in [0.4, 0.5) is 9.52 Å². The SMILES string of the molecule is N[C@@H](CO)COc1cc(Cl)c(-c2nnc(N3CCN(C(=O)c4cccc(Cl)c4)CC3)s2)cc1F. The van der Waals surface area contributed by atoms with Gasteiger partial charge in [-0.05, 0) is 24.3 Å². The molecule has 12 heteroatoms. The molecular formula is C22H22Cl2FN5O3S. The fourth-order valence-corrected chi connectivity index (χ4v) is 4.83. The predicted octanol–water partition coefficient (Wildman–Crippen LogP) is 3.31. The topological polar surface area (TPSA) is 105 Å². The second-order valence-corrected chi connectivity index (χ2v) is 9.50. The summed E-state index contributed by atoms with van der Waals surface area (Å²) in [5.41, 5.74) is 6.54. The second-order valence-electron chi connectivity index (χ2n) is 7.70. The Morgan fingerprint density at radius 1 is 1.21 bits per heavy atom. The third kappa shape index (κ3) is 5.59. The van der Waals surface area contributed by atoms with Gasteiger partial charge in [-0.15, -0.1) is 10.2 Å². The fraction of sp³-hybridized carbons (Fsp3) is 0.318. The Balaban J connectivity index is 1.41. The third-order valence-electron chi connectivity index (χ3n) is 5.26. The Morgan fingerprint density at radius 3 is 2.68 bits per heavy atom. The highest BCUT2D eigenvalue weighted by Gasteiger charge is 2.25. The van der Waals surface area contributed by atoms with Gasteiger partial charge in [0, 0.05) is 48.4 Å². The maximum atomic E-state index is 14.5. The lowest BCUT2D eigenvalue weighted by Gasteiger charge is -2.34. The number of hydrogen-bond donors (Lipinski definition) is 2. The monoisotopic (exact) mass is 525 g/mol. The van der Waals surface area contributed by atoms with Crippen LogP contribution in [0.5, 0.6) is 5.75 Å². The molecule has 1 atom stereocenters. The van der Waals surface area contributed by atoms with Crippen molar-refractivity contribution in [2.24, 2.45) is 5.73 Å². The van der Waals surface area contributed by atoms with Gasteiger partial charge in [-0.3, -0.25) is 4.79 Å². The van der Waals surface area contributed by atoms with Crippen LogP contribution in [-0.2, 0) is 0 Å². The van der Waals surface area contributed by atoms with Crippen molar-refractivity contribution in [2.75, 3.05) is 44.3 Å². The third-order valence-corrected chi connectivity index (χ3v) is 6.83. The summed E-state index contributed by atoms with van der Waals surface area (Å²) in [6.07, 6.45) is 0. The van der Waals surface area contributed by atoms with Crippen LogP contribution < -0.4 is 15.4 Å². The molecule has 1 amide bonds. The molecule has 2 heterocycles. The molecule has 1 saturated heterocycles. The van der Waals surface area contributed by atoms with E-state index in [9.17, 15) is 9.18 Å². The van der Waals surface area contributed by atoms with Crippen LogP contribution in [0.2, 0.25) is 10.0 Å². The van der Waals surface area contributed by atoms with Gasteiger partial charge in [-0.2, -0.15) is 0 Å². The standard InChI is InChI=1S/C22H22Cl2FN5O3S/c23-14-3-1-2-13(8-14)21(32)29-4-6-30(7-5-29)22-28-27-20(34-22)16-9-18(25)19(10-17(16)24)33-12-15(26)11-31/h1-3,8-10,15,31H,4-7,11-12,26H2/t15-/m0/s1. The van der Waals surface area contributed by atoms with Crippen molar-refractivity contribution in [2.45, 2.75) is 6.04 Å². The zero-order valence-electron chi connectivity index (χ0n) is 18.0. The summed E-state index contributed by atoms with van der Waals surface area (Å²) in [5.74, 6) is -0.734. The molecule has 1 aliphatic heterocycles. The van der Waals surface area contributed by atoms with Crippen molar-refractivity contribution in [3.05, 3.63) is 57.8 Å². The number of carbonyl (C=O) groups is 1. The van der Waals surface area contributed by atoms with Crippen molar-refractivity contribution >= 4 is 45.6 Å². The maximum Gasteiger partial charge on any atom is 0.254 e. The molecule has 0 unspecified atom stereocenters. The molecule has 34 heavy (non-hydrogen) atoms. The Morgan fingerprint density at radius 2 is 1.97 bits per heavy atom. The van der Waals surface area contributed by atoms with Gasteiger partial charge in [0.25, 0.3) is 5.91 Å². The first-order valence-corrected chi connectivity index (χ1v) is 12.0. The highest BCUT2D eigenvalue weighted by atomic mass is 35.5. The molecule has 0 saturated carbocycles. The molecule has 0 spiro atoms. The summed E-state index contributed by atoms with van der Waals surface area (Å²) in [4.78, 5) is 16.5. The van der Waals surface area contributed by atoms with Gasteiger partial charge in [0.05, 0.1) is 17.7 Å². The minimum Gasteiger partial charge on any atom is -0.489 e. The first kappa shape index (κ1) is 24.6. The molecule has 0 aliphatic carbocycles. The van der Waals surface area contributed by atoms with Crippen LogP contribution in [0.25, 0.3) is 10.6 Å². The van der Waals surface area contributed by atoms with E-state index < -0.39 is 11.9 Å². The van der Waals surface area contributed by atoms with E-state index in [4.69, 9.17) is 38.8 Å². The van der Waals surface area contributed by atoms with Gasteiger partial charge in [-0.25, -0.2) is 4.39 Å². The van der Waals surface area contributed by atoms with Crippen LogP contribution in [0, 0.1) is 5.82 Å². The Kier molecular flexibility index (Phi) is 7.84. The van der Waals surface area contributed by atoms with Crippen molar-refractivity contribution < 1.29 is 19.0 Å². The quantitative estimate of drug-likeness (QED) is 0.487. The molecule has 8 nitrogen and oxygen atoms in total. The molecule has 1 aliphatic rings. The summed E-state index contributed by atoms with van der Waals surface area (Å²) < 4.78 is 19.8. The minimum atomic E-state index is -0.621. The molecule has 1 fully saturated rings. The number of aliphatic hydroxyl groups is 1. The predicted molar refractivity (Wildman–Crippen MR) is 130 cm³/mol. The highest BCUT2D eigenvalue weighted by molar-refractivity contribution is 7.18. The van der Waals surface area contributed by atoms with E-state index in [1.165, 1.54) is 23.5 Å². The zero-order valence-corrected chi connectivity index (χ0v) is 20.3. The molecule has 3 aromatic rings. The Bertz CT molecular complexity index is 1170. The van der Waals surface area contributed by atoms with Gasteiger partial charge in [0.15, 0.2) is 16.6 Å². The van der Waals surface area contributed by atoms with E-state index in [1.807, 2.05) is 4.90 Å². The summed E-state index contributed by atoms with van der Waals surface area (Å²) >= 11 is 13.6. The molecule has 0 bridgehead atoms. The summed E-state index contributed by atoms with van der Waals surface area (Å²) in [5, 5.41) is 19.3. The number of amides is 1. The van der Waals surface area contributed by atoms with Gasteiger partial charge in [0.1, 0.15) is 6.61 Å². The number of aliphatic hydroxyl groups excluding tert-OH is 1. The molecule has 3 N–H and O–H groups in total. The number of hydrogen-bond acceptors (Lipinski definition) is 8. The van der Waals surface area contributed by atoms with Crippen molar-refractivity contribution in [1.82, 2.24) is 15.1 Å². The van der Waals surface area contributed by atoms with Crippen LogP contribution >= 0.6 is 34.5 Å². The van der Waals surface area contributed by atoms with Crippen LogP contribution in [0.1, 0.15) is 10.4 Å². The smallest absolute Gasteiger partial charge is 0.254 e. The average molecular weight is 526 g/mol. The van der Waals surface area contributed by atoms with Gasteiger partial charge >= 0.3 is 0 Å². The van der Waals surface area contributed by atoms with E-state index >= 15 is 0 Å². The highest BCUT2D eigenvalue weighted by Crippen LogP contribution is 2.37. The van der Waals surface area contributed by atoms with E-state index in [0.717, 1.165) is 0 Å². The zero-order chi connectivity index (χ0) is 24.2. The summed E-state index contributed by atoms with van der Waals surface area (Å²) in [6, 6.07) is 8.88. The Hall–Kier alpha value is -2.50. The van der Waals surface area contributed by atoms with Crippen LogP contribution in [0.3, 0.4) is 0 Å². The van der Waals surface area contributed by atoms with Gasteiger partial charge in [-0.1, -0.05) is 40.6 Å². The summed E-state index contributed by atoms with van der Waals surface area (Å²) in [7, 11) is 0. The molecular weight excluding hydrogens is 504 g/mol. The lowest BCUT2D eigenvalue weighted by atomic mass is 10.2. The van der Waals surface area contributed by atoms with Gasteiger partial charge in [0.2, 0.25) is 5.13 Å². The van der Waals surface area contributed by atoms with E-state index in [2.05, 4.69) is 10.2 Å². The normalized spacial score (nSPS) is 14.9. The second kappa shape index (κ2) is 10.8. The number of anilines is 1. The number of rotatable bonds is 7. The first-order valence-electron chi connectivity index (χ1n) is 10.5. The number of nitrogens with two attached hydrogens (primary N) is 1. The van der Waals surface area contributed by atoms with Crippen molar-refractivity contribution in [3.8, 4) is 16.3 Å². The molecule has 4 rings (SSSR count). The number of nitrogens with zero attached hydrogens (tertiary/aromatic N) is 4. The first-order chi connectivity index (χ1) is 16.4. The number of carbonyl (C=O) groups excluding carboxylic acids is 1. The Labute approximate surface area is 209 Å². The fourth-order valence-electron chi connectivity index (χ4n) is 3.41. The lowest BCUT2D eigenvalue weighted by Crippen LogP contribution is -2.48. The molecule has 2 aromatic carbocycles. The molecule has 1 aromatic heterocycles. The number of ether oxygens (including phenoxy) is 1. The minimum absolute atomic E-state index is 0.0438. The number of aromatic nitrogens is 2. The molecule has 0 radical (unpaired) electrons. The number of benzene rings is 2. The van der Waals surface area contributed by atoms with Crippen LogP contribution in [0.15, 0.2) is 36.4 Å². The average Bonchev–Trinajstić information content (AvgIpc) is 3.33. The molecule has 180 valence electrons. The number of piperazine rings is 1. The van der Waals surface area contributed by atoms with Gasteiger partial charge < -0.3 is 25.4 Å². The van der Waals surface area contributed by atoms with E-state index in [0.29, 0.717) is 52.5 Å². The van der Waals surface area contributed by atoms with Crippen molar-refractivity contribution in [1.29, 1.82) is 0 Å². The lowest BCUT2D eigenvalue weighted by molar-refractivity contribution is 0.0746. The van der Waals surface area contributed by atoms with E-state index in [1.54, 1.807) is 29.2 Å². The van der Waals surface area contributed by atoms with E-state index in [-0.39, 0.29) is 29.9 Å². The summed E-state index contributed by atoms with van der Waals surface area (Å²) in [6.45, 7) is 1.90. The largest absolute Gasteiger partial charge is 0.489 e. The van der Waals surface area contributed by atoms with Crippen LogP contribution in [-0.4, -0.2) is 71.5 Å².